The molecule has 6 heteroatoms. The predicted octanol–water partition coefficient (Wildman–Crippen LogP) is 4.06. The molecule has 20 heavy (non-hydrogen) atoms. The van der Waals surface area contributed by atoms with Crippen molar-refractivity contribution in [3.8, 4) is 0 Å². The molecular formula is C14H14ClFN2OS. The molecule has 0 bridgehead atoms. The number of thiophene rings is 1. The second kappa shape index (κ2) is 6.33. The van der Waals surface area contributed by atoms with Crippen molar-refractivity contribution in [2.24, 2.45) is 5.92 Å². The maximum Gasteiger partial charge on any atom is 0.255 e. The van der Waals surface area contributed by atoms with E-state index < -0.39 is 11.7 Å². The fourth-order valence-corrected chi connectivity index (χ4v) is 2.97. The Morgan fingerprint density at radius 3 is 2.85 bits per heavy atom. The van der Waals surface area contributed by atoms with Crippen LogP contribution >= 0.6 is 22.9 Å². The molecule has 0 aliphatic carbocycles. The Kier molecular flexibility index (Phi) is 4.73. The highest BCUT2D eigenvalue weighted by atomic mass is 35.5. The zero-order valence-electron chi connectivity index (χ0n) is 11.1. The van der Waals surface area contributed by atoms with Crippen LogP contribution in [0.15, 0.2) is 29.8 Å². The number of hydrogen-bond donors (Lipinski definition) is 1. The summed E-state index contributed by atoms with van der Waals surface area (Å²) in [5, 5.41) is 4.83. The lowest BCUT2D eigenvalue weighted by atomic mass is 10.0. The van der Waals surface area contributed by atoms with E-state index >= 15 is 0 Å². The summed E-state index contributed by atoms with van der Waals surface area (Å²) in [5.74, 6) is -0.802. The Labute approximate surface area is 125 Å². The molecule has 2 rings (SSSR count). The number of nitrogens with one attached hydrogen (secondary N) is 1. The van der Waals surface area contributed by atoms with Crippen LogP contribution in [0, 0.1) is 11.7 Å². The number of halogens is 2. The van der Waals surface area contributed by atoms with Gasteiger partial charge in [-0.05, 0) is 23.4 Å². The van der Waals surface area contributed by atoms with Gasteiger partial charge in [0.05, 0.1) is 17.8 Å². The van der Waals surface area contributed by atoms with Crippen LogP contribution in [0.2, 0.25) is 5.15 Å². The highest BCUT2D eigenvalue weighted by Gasteiger charge is 2.21. The SMILES string of the molecule is CC(C)C(NC(=O)c1cc(F)cnc1Cl)c1cccs1. The molecule has 0 aliphatic heterocycles. The number of hydrogen-bond acceptors (Lipinski definition) is 3. The number of carbonyl (C=O) groups is 1. The first-order valence-electron chi connectivity index (χ1n) is 6.14. The maximum absolute atomic E-state index is 13.2. The number of rotatable bonds is 4. The van der Waals surface area contributed by atoms with Crippen molar-refractivity contribution < 1.29 is 9.18 Å². The summed E-state index contributed by atoms with van der Waals surface area (Å²) < 4.78 is 13.2. The van der Waals surface area contributed by atoms with Crippen LogP contribution in [0.1, 0.15) is 35.1 Å². The van der Waals surface area contributed by atoms with E-state index in [0.717, 1.165) is 17.1 Å². The smallest absolute Gasteiger partial charge is 0.255 e. The normalized spacial score (nSPS) is 12.4. The van der Waals surface area contributed by atoms with Gasteiger partial charge in [-0.25, -0.2) is 9.37 Å². The first-order valence-corrected chi connectivity index (χ1v) is 7.40. The monoisotopic (exact) mass is 312 g/mol. The van der Waals surface area contributed by atoms with Gasteiger partial charge in [-0.15, -0.1) is 11.3 Å². The molecule has 3 nitrogen and oxygen atoms in total. The number of carbonyl (C=O) groups excluding carboxylic acids is 1. The summed E-state index contributed by atoms with van der Waals surface area (Å²) in [5.41, 5.74) is 0.0499. The zero-order chi connectivity index (χ0) is 14.7. The quantitative estimate of drug-likeness (QED) is 0.865. The van der Waals surface area contributed by atoms with E-state index in [1.165, 1.54) is 0 Å². The molecule has 0 fully saturated rings. The Morgan fingerprint density at radius 2 is 2.25 bits per heavy atom. The predicted molar refractivity (Wildman–Crippen MR) is 78.6 cm³/mol. The van der Waals surface area contributed by atoms with Crippen molar-refractivity contribution in [2.45, 2.75) is 19.9 Å². The summed E-state index contributed by atoms with van der Waals surface area (Å²) >= 11 is 7.41. The molecule has 0 spiro atoms. The lowest BCUT2D eigenvalue weighted by Gasteiger charge is -2.21. The lowest BCUT2D eigenvalue weighted by molar-refractivity contribution is 0.0926. The molecule has 0 radical (unpaired) electrons. The molecule has 0 aliphatic rings. The summed E-state index contributed by atoms with van der Waals surface area (Å²) in [4.78, 5) is 16.9. The lowest BCUT2D eigenvalue weighted by Crippen LogP contribution is -2.31. The summed E-state index contributed by atoms with van der Waals surface area (Å²) in [6, 6.07) is 4.84. The number of amides is 1. The largest absolute Gasteiger partial charge is 0.344 e. The summed E-state index contributed by atoms with van der Waals surface area (Å²) in [6.45, 7) is 4.02. The molecular weight excluding hydrogens is 299 g/mol. The van der Waals surface area contributed by atoms with Gasteiger partial charge in [-0.1, -0.05) is 31.5 Å². The third-order valence-electron chi connectivity index (χ3n) is 2.85. The minimum absolute atomic E-state index is 0.00224. The molecule has 1 amide bonds. The van der Waals surface area contributed by atoms with E-state index in [1.807, 2.05) is 31.4 Å². The van der Waals surface area contributed by atoms with Crippen LogP contribution in [0.3, 0.4) is 0 Å². The fraction of sp³-hybridized carbons (Fsp3) is 0.286. The highest BCUT2D eigenvalue weighted by Crippen LogP contribution is 2.26. The van der Waals surface area contributed by atoms with Crippen molar-refractivity contribution in [1.29, 1.82) is 0 Å². The topological polar surface area (TPSA) is 42.0 Å². The molecule has 0 saturated heterocycles. The Bertz CT molecular complexity index is 601. The molecule has 2 heterocycles. The van der Waals surface area contributed by atoms with E-state index in [-0.39, 0.29) is 22.7 Å². The molecule has 1 unspecified atom stereocenters. The number of aromatic nitrogens is 1. The summed E-state index contributed by atoms with van der Waals surface area (Å²) in [7, 11) is 0. The second-order valence-electron chi connectivity index (χ2n) is 4.70. The first kappa shape index (κ1) is 14.9. The van der Waals surface area contributed by atoms with Gasteiger partial charge >= 0.3 is 0 Å². The number of pyridine rings is 1. The maximum atomic E-state index is 13.2. The third-order valence-corrected chi connectivity index (χ3v) is 4.11. The first-order chi connectivity index (χ1) is 9.49. The average molecular weight is 313 g/mol. The van der Waals surface area contributed by atoms with Gasteiger partial charge in [0.1, 0.15) is 11.0 Å². The molecule has 1 atom stereocenters. The van der Waals surface area contributed by atoms with Crippen LogP contribution in [-0.4, -0.2) is 10.9 Å². The molecule has 106 valence electrons. The molecule has 1 N–H and O–H groups in total. The molecule has 2 aromatic heterocycles. The van der Waals surface area contributed by atoms with Gasteiger partial charge in [0.25, 0.3) is 5.91 Å². The average Bonchev–Trinajstić information content (AvgIpc) is 2.91. The minimum Gasteiger partial charge on any atom is -0.344 e. The van der Waals surface area contributed by atoms with Crippen molar-refractivity contribution in [2.75, 3.05) is 0 Å². The Hall–Kier alpha value is -1.46. The summed E-state index contributed by atoms with van der Waals surface area (Å²) in [6.07, 6.45) is 0.984. The van der Waals surface area contributed by atoms with Crippen molar-refractivity contribution in [3.63, 3.8) is 0 Å². The van der Waals surface area contributed by atoms with Gasteiger partial charge in [0.2, 0.25) is 0 Å². The zero-order valence-corrected chi connectivity index (χ0v) is 12.6. The molecule has 2 aromatic rings. The van der Waals surface area contributed by atoms with Gasteiger partial charge < -0.3 is 5.32 Å². The molecule has 0 aromatic carbocycles. The van der Waals surface area contributed by atoms with Crippen LogP contribution in [0.4, 0.5) is 4.39 Å². The van der Waals surface area contributed by atoms with Gasteiger partial charge in [0, 0.05) is 4.88 Å². The van der Waals surface area contributed by atoms with Gasteiger partial charge in [-0.3, -0.25) is 4.79 Å². The standard InChI is InChI=1S/C14H14ClFN2OS/c1-8(2)12(11-4-3-5-20-11)18-14(19)10-6-9(16)7-17-13(10)15/h3-8,12H,1-2H3,(H,18,19). The van der Waals surface area contributed by atoms with Crippen molar-refractivity contribution in [3.05, 3.63) is 51.2 Å². The van der Waals surface area contributed by atoms with Crippen LogP contribution in [-0.2, 0) is 0 Å². The number of nitrogens with zero attached hydrogens (tertiary/aromatic N) is 1. The van der Waals surface area contributed by atoms with Crippen LogP contribution in [0.5, 0.6) is 0 Å². The van der Waals surface area contributed by atoms with Crippen molar-refractivity contribution in [1.82, 2.24) is 10.3 Å². The van der Waals surface area contributed by atoms with Crippen LogP contribution in [0.25, 0.3) is 0 Å². The van der Waals surface area contributed by atoms with Gasteiger partial charge in [-0.2, -0.15) is 0 Å². The Morgan fingerprint density at radius 1 is 1.50 bits per heavy atom. The Balaban J connectivity index is 2.23. The second-order valence-corrected chi connectivity index (χ2v) is 6.04. The fourth-order valence-electron chi connectivity index (χ4n) is 1.84. The van der Waals surface area contributed by atoms with Crippen LogP contribution < -0.4 is 5.32 Å². The van der Waals surface area contributed by atoms with E-state index in [2.05, 4.69) is 10.3 Å². The van der Waals surface area contributed by atoms with E-state index in [1.54, 1.807) is 11.3 Å². The van der Waals surface area contributed by atoms with E-state index in [9.17, 15) is 9.18 Å². The van der Waals surface area contributed by atoms with E-state index in [4.69, 9.17) is 11.6 Å². The van der Waals surface area contributed by atoms with E-state index in [0.29, 0.717) is 0 Å². The third kappa shape index (κ3) is 3.35. The minimum atomic E-state index is -0.586. The van der Waals surface area contributed by atoms with Crippen molar-refractivity contribution >= 4 is 28.8 Å². The highest BCUT2D eigenvalue weighted by molar-refractivity contribution is 7.10. The molecule has 0 saturated carbocycles. The van der Waals surface area contributed by atoms with Gasteiger partial charge in [0.15, 0.2) is 0 Å².